The van der Waals surface area contributed by atoms with Gasteiger partial charge in [0.25, 0.3) is 0 Å². The first-order valence-corrected chi connectivity index (χ1v) is 7.26. The fraction of sp³-hybridized carbons (Fsp3) is 0.857. The van der Waals surface area contributed by atoms with Crippen molar-refractivity contribution in [1.82, 2.24) is 10.2 Å². The molecule has 5 nitrogen and oxygen atoms in total. The van der Waals surface area contributed by atoms with Crippen molar-refractivity contribution in [2.24, 2.45) is 17.6 Å². The van der Waals surface area contributed by atoms with Crippen LogP contribution in [0, 0.1) is 11.8 Å². The van der Waals surface area contributed by atoms with Crippen molar-refractivity contribution >= 4 is 11.8 Å². The van der Waals surface area contributed by atoms with E-state index in [-0.39, 0.29) is 30.3 Å². The molecule has 0 spiro atoms. The number of likely N-dealkylation sites (N-methyl/N-ethyl adjacent to an activating group) is 1. The molecule has 0 aromatic heterocycles. The zero-order valence-electron chi connectivity index (χ0n) is 12.3. The predicted molar refractivity (Wildman–Crippen MR) is 75.4 cm³/mol. The SMILES string of the molecule is CCCN(CC(=O)NC)C(=O)C1CCCC(C)C1N. The number of carbonyl (C=O) groups excluding carboxylic acids is 2. The van der Waals surface area contributed by atoms with Crippen LogP contribution in [-0.2, 0) is 9.59 Å². The summed E-state index contributed by atoms with van der Waals surface area (Å²) in [6.45, 7) is 4.87. The van der Waals surface area contributed by atoms with E-state index in [2.05, 4.69) is 12.2 Å². The van der Waals surface area contributed by atoms with Gasteiger partial charge in [-0.1, -0.05) is 20.3 Å². The van der Waals surface area contributed by atoms with Crippen LogP contribution >= 0.6 is 0 Å². The number of amides is 2. The molecule has 19 heavy (non-hydrogen) atoms. The Morgan fingerprint density at radius 3 is 2.63 bits per heavy atom. The zero-order chi connectivity index (χ0) is 14.4. The van der Waals surface area contributed by atoms with Crippen molar-refractivity contribution in [2.75, 3.05) is 20.1 Å². The average Bonchev–Trinajstić information content (AvgIpc) is 2.40. The number of carbonyl (C=O) groups is 2. The number of nitrogens with zero attached hydrogens (tertiary/aromatic N) is 1. The maximum Gasteiger partial charge on any atom is 0.239 e. The van der Waals surface area contributed by atoms with E-state index in [1.165, 1.54) is 0 Å². The Morgan fingerprint density at radius 1 is 1.37 bits per heavy atom. The van der Waals surface area contributed by atoms with Crippen LogP contribution in [-0.4, -0.2) is 42.9 Å². The molecule has 1 rings (SSSR count). The zero-order valence-corrected chi connectivity index (χ0v) is 12.3. The van der Waals surface area contributed by atoms with E-state index in [0.29, 0.717) is 12.5 Å². The topological polar surface area (TPSA) is 75.4 Å². The second-order valence-electron chi connectivity index (χ2n) is 5.53. The van der Waals surface area contributed by atoms with Crippen LogP contribution in [0.2, 0.25) is 0 Å². The van der Waals surface area contributed by atoms with Gasteiger partial charge in [-0.25, -0.2) is 0 Å². The standard InChI is InChI=1S/C14H27N3O2/c1-4-8-17(9-12(18)16-3)14(19)11-7-5-6-10(2)13(11)15/h10-11,13H,4-9,15H2,1-3H3,(H,16,18). The molecule has 3 unspecified atom stereocenters. The van der Waals surface area contributed by atoms with Crippen LogP contribution in [0.4, 0.5) is 0 Å². The lowest BCUT2D eigenvalue weighted by Crippen LogP contribution is -2.50. The number of hydrogen-bond acceptors (Lipinski definition) is 3. The third kappa shape index (κ3) is 4.20. The lowest BCUT2D eigenvalue weighted by molar-refractivity contribution is -0.141. The quantitative estimate of drug-likeness (QED) is 0.773. The molecule has 3 atom stereocenters. The van der Waals surface area contributed by atoms with E-state index in [1.54, 1.807) is 11.9 Å². The maximum absolute atomic E-state index is 12.6. The summed E-state index contributed by atoms with van der Waals surface area (Å²) in [6.07, 6.45) is 3.83. The molecule has 0 heterocycles. The second-order valence-corrected chi connectivity index (χ2v) is 5.53. The Labute approximate surface area is 115 Å². The van der Waals surface area contributed by atoms with Crippen molar-refractivity contribution in [3.8, 4) is 0 Å². The number of nitrogens with two attached hydrogens (primary N) is 1. The molecular formula is C14H27N3O2. The first-order chi connectivity index (χ1) is 9.01. The van der Waals surface area contributed by atoms with Crippen LogP contribution in [0.1, 0.15) is 39.5 Å². The molecule has 2 amide bonds. The Balaban J connectivity index is 2.71. The van der Waals surface area contributed by atoms with Gasteiger partial charge in [-0.15, -0.1) is 0 Å². The van der Waals surface area contributed by atoms with Gasteiger partial charge in [0.2, 0.25) is 11.8 Å². The summed E-state index contributed by atoms with van der Waals surface area (Å²) in [5, 5.41) is 2.57. The Hall–Kier alpha value is -1.10. The summed E-state index contributed by atoms with van der Waals surface area (Å²) in [6, 6.07) is -0.0784. The highest BCUT2D eigenvalue weighted by Gasteiger charge is 2.35. The third-order valence-corrected chi connectivity index (χ3v) is 4.03. The van der Waals surface area contributed by atoms with Gasteiger partial charge in [-0.3, -0.25) is 9.59 Å². The van der Waals surface area contributed by atoms with Gasteiger partial charge in [-0.2, -0.15) is 0 Å². The lowest BCUT2D eigenvalue weighted by Gasteiger charge is -2.36. The fourth-order valence-electron chi connectivity index (χ4n) is 2.75. The number of nitrogens with one attached hydrogen (secondary N) is 1. The van der Waals surface area contributed by atoms with Gasteiger partial charge >= 0.3 is 0 Å². The van der Waals surface area contributed by atoms with Gasteiger partial charge in [0.1, 0.15) is 0 Å². The van der Waals surface area contributed by atoms with Gasteiger partial charge in [0, 0.05) is 19.6 Å². The molecular weight excluding hydrogens is 242 g/mol. The Bertz CT molecular complexity index is 320. The monoisotopic (exact) mass is 269 g/mol. The molecule has 0 bridgehead atoms. The molecule has 1 fully saturated rings. The Morgan fingerprint density at radius 2 is 2.05 bits per heavy atom. The van der Waals surface area contributed by atoms with E-state index in [1.807, 2.05) is 6.92 Å². The van der Waals surface area contributed by atoms with Gasteiger partial charge in [-0.05, 0) is 25.2 Å². The highest BCUT2D eigenvalue weighted by atomic mass is 16.2. The van der Waals surface area contributed by atoms with E-state index < -0.39 is 0 Å². The second kappa shape index (κ2) is 7.48. The predicted octanol–water partition coefficient (Wildman–Crippen LogP) is 0.735. The molecule has 1 saturated carbocycles. The summed E-state index contributed by atoms with van der Waals surface area (Å²) in [7, 11) is 1.59. The minimum Gasteiger partial charge on any atom is -0.358 e. The summed E-state index contributed by atoms with van der Waals surface area (Å²) in [4.78, 5) is 25.7. The summed E-state index contributed by atoms with van der Waals surface area (Å²) < 4.78 is 0. The van der Waals surface area contributed by atoms with Gasteiger partial charge in [0.15, 0.2) is 0 Å². The normalized spacial score (nSPS) is 26.8. The highest BCUT2D eigenvalue weighted by molar-refractivity contribution is 5.86. The molecule has 3 N–H and O–H groups in total. The van der Waals surface area contributed by atoms with Gasteiger partial charge in [0.05, 0.1) is 12.5 Å². The molecule has 0 aromatic rings. The van der Waals surface area contributed by atoms with Crippen LogP contribution in [0.3, 0.4) is 0 Å². The summed E-state index contributed by atoms with van der Waals surface area (Å²) in [5.41, 5.74) is 6.17. The van der Waals surface area contributed by atoms with Crippen LogP contribution < -0.4 is 11.1 Å². The molecule has 1 aliphatic rings. The van der Waals surface area contributed by atoms with Crippen LogP contribution in [0.25, 0.3) is 0 Å². The van der Waals surface area contributed by atoms with Crippen molar-refractivity contribution in [2.45, 2.75) is 45.6 Å². The van der Waals surface area contributed by atoms with E-state index >= 15 is 0 Å². The third-order valence-electron chi connectivity index (χ3n) is 4.03. The number of rotatable bonds is 5. The number of hydrogen-bond donors (Lipinski definition) is 2. The lowest BCUT2D eigenvalue weighted by atomic mass is 9.77. The molecule has 0 radical (unpaired) electrons. The maximum atomic E-state index is 12.6. The first kappa shape index (κ1) is 16.0. The molecule has 5 heteroatoms. The molecule has 0 saturated heterocycles. The van der Waals surface area contributed by atoms with E-state index in [9.17, 15) is 9.59 Å². The van der Waals surface area contributed by atoms with Crippen LogP contribution in [0.15, 0.2) is 0 Å². The molecule has 0 aromatic carbocycles. The van der Waals surface area contributed by atoms with Gasteiger partial charge < -0.3 is 16.0 Å². The Kier molecular flexibility index (Phi) is 6.28. The largest absolute Gasteiger partial charge is 0.358 e. The summed E-state index contributed by atoms with van der Waals surface area (Å²) >= 11 is 0. The highest BCUT2D eigenvalue weighted by Crippen LogP contribution is 2.29. The fourth-order valence-corrected chi connectivity index (χ4v) is 2.75. The molecule has 110 valence electrons. The average molecular weight is 269 g/mol. The van der Waals surface area contributed by atoms with Crippen molar-refractivity contribution in [3.63, 3.8) is 0 Å². The van der Waals surface area contributed by atoms with E-state index in [0.717, 1.165) is 25.7 Å². The van der Waals surface area contributed by atoms with E-state index in [4.69, 9.17) is 5.73 Å². The minimum atomic E-state index is -0.126. The van der Waals surface area contributed by atoms with Crippen molar-refractivity contribution in [1.29, 1.82) is 0 Å². The van der Waals surface area contributed by atoms with Crippen molar-refractivity contribution < 1.29 is 9.59 Å². The molecule has 1 aliphatic carbocycles. The van der Waals surface area contributed by atoms with Crippen LogP contribution in [0.5, 0.6) is 0 Å². The molecule has 0 aliphatic heterocycles. The smallest absolute Gasteiger partial charge is 0.239 e. The first-order valence-electron chi connectivity index (χ1n) is 7.26. The minimum absolute atomic E-state index is 0.0458. The summed E-state index contributed by atoms with van der Waals surface area (Å²) in [5.74, 6) is 0.176. The van der Waals surface area contributed by atoms with Crippen molar-refractivity contribution in [3.05, 3.63) is 0 Å².